The predicted molar refractivity (Wildman–Crippen MR) is 418 cm³/mol. The second kappa shape index (κ2) is 72.0. The molecule has 606 valence electrons. The zero-order valence-corrected chi connectivity index (χ0v) is 69.0. The summed E-state index contributed by atoms with van der Waals surface area (Å²) in [6.45, 7) is 14.3. The summed E-state index contributed by atoms with van der Waals surface area (Å²) >= 11 is 0. The summed E-state index contributed by atoms with van der Waals surface area (Å²) in [6.07, 6.45) is 59.7. The van der Waals surface area contributed by atoms with Gasteiger partial charge in [-0.05, 0) is 49.4 Å². The molecule has 3 N–H and O–H groups in total. The van der Waals surface area contributed by atoms with Crippen molar-refractivity contribution in [3.8, 4) is 0 Å². The number of unbranched alkanes of at least 4 members (excludes halogenated alkanes) is 46. The van der Waals surface area contributed by atoms with Crippen LogP contribution in [0.4, 0.5) is 0 Å². The van der Waals surface area contributed by atoms with E-state index >= 15 is 0 Å². The molecule has 0 aromatic heterocycles. The molecule has 0 aliphatic heterocycles. The van der Waals surface area contributed by atoms with Crippen LogP contribution in [0.25, 0.3) is 0 Å². The number of hydrogen-bond acceptors (Lipinski definition) is 15. The lowest BCUT2D eigenvalue weighted by Gasteiger charge is -2.21. The molecule has 102 heavy (non-hydrogen) atoms. The third kappa shape index (κ3) is 76.3. The number of rotatable bonds is 80. The molecule has 0 rings (SSSR count). The van der Waals surface area contributed by atoms with Crippen LogP contribution in [0.15, 0.2) is 0 Å². The summed E-state index contributed by atoms with van der Waals surface area (Å²) < 4.78 is 68.8. The van der Waals surface area contributed by atoms with Crippen LogP contribution in [-0.2, 0) is 65.4 Å². The van der Waals surface area contributed by atoms with Crippen molar-refractivity contribution in [2.24, 2.45) is 23.7 Å². The molecule has 0 saturated heterocycles. The van der Waals surface area contributed by atoms with Crippen LogP contribution < -0.4 is 0 Å². The van der Waals surface area contributed by atoms with Crippen molar-refractivity contribution < 1.29 is 80.2 Å². The van der Waals surface area contributed by atoms with Crippen LogP contribution in [0.2, 0.25) is 0 Å². The minimum absolute atomic E-state index is 0.105. The van der Waals surface area contributed by atoms with Crippen molar-refractivity contribution in [3.05, 3.63) is 0 Å². The second-order valence-corrected chi connectivity index (χ2v) is 34.7. The number of aliphatic hydroxyl groups is 1. The van der Waals surface area contributed by atoms with Crippen molar-refractivity contribution in [2.75, 3.05) is 39.6 Å². The number of phosphoric ester groups is 2. The minimum atomic E-state index is -4.96. The second-order valence-electron chi connectivity index (χ2n) is 31.8. The molecule has 0 radical (unpaired) electrons. The van der Waals surface area contributed by atoms with Gasteiger partial charge in [0.2, 0.25) is 0 Å². The summed E-state index contributed by atoms with van der Waals surface area (Å²) in [5.74, 6) is 1.00. The maximum absolute atomic E-state index is 13.1. The van der Waals surface area contributed by atoms with Crippen LogP contribution in [0.1, 0.15) is 428 Å². The van der Waals surface area contributed by atoms with E-state index in [4.69, 9.17) is 37.0 Å². The first-order valence-electron chi connectivity index (χ1n) is 42.7. The molecular formula is C83H162O17P2. The zero-order valence-electron chi connectivity index (χ0n) is 67.2. The minimum Gasteiger partial charge on any atom is -0.462 e. The summed E-state index contributed by atoms with van der Waals surface area (Å²) in [5.41, 5.74) is 0. The normalized spacial score (nSPS) is 14.0. The van der Waals surface area contributed by atoms with E-state index in [0.29, 0.717) is 25.7 Å². The molecular weight excluding hydrogens is 1330 g/mol. The molecule has 0 aromatic rings. The van der Waals surface area contributed by atoms with E-state index in [9.17, 15) is 43.2 Å². The molecule has 5 atom stereocenters. The first-order valence-corrected chi connectivity index (χ1v) is 45.7. The molecule has 0 spiro atoms. The summed E-state index contributed by atoms with van der Waals surface area (Å²) in [7, 11) is -9.93. The number of carbonyl (C=O) groups excluding carboxylic acids is 4. The lowest BCUT2D eigenvalue weighted by atomic mass is 10.0. The van der Waals surface area contributed by atoms with E-state index in [1.54, 1.807) is 0 Å². The highest BCUT2D eigenvalue weighted by Gasteiger charge is 2.30. The molecule has 0 bridgehead atoms. The topological polar surface area (TPSA) is 237 Å². The smallest absolute Gasteiger partial charge is 0.462 e. The third-order valence-corrected chi connectivity index (χ3v) is 21.2. The van der Waals surface area contributed by atoms with E-state index in [2.05, 4.69) is 55.4 Å². The highest BCUT2D eigenvalue weighted by Crippen LogP contribution is 2.45. The molecule has 0 amide bonds. The molecule has 2 unspecified atom stereocenters. The van der Waals surface area contributed by atoms with Gasteiger partial charge in [0.15, 0.2) is 12.2 Å². The monoisotopic (exact) mass is 1490 g/mol. The summed E-state index contributed by atoms with van der Waals surface area (Å²) in [5, 5.41) is 10.7. The van der Waals surface area contributed by atoms with Crippen LogP contribution in [0, 0.1) is 23.7 Å². The maximum atomic E-state index is 13.1. The quantitative estimate of drug-likeness (QED) is 0.0222. The van der Waals surface area contributed by atoms with Crippen molar-refractivity contribution in [3.63, 3.8) is 0 Å². The fourth-order valence-corrected chi connectivity index (χ4v) is 14.4. The molecule has 0 heterocycles. The van der Waals surface area contributed by atoms with Gasteiger partial charge in [-0.3, -0.25) is 37.3 Å². The number of aliphatic hydroxyl groups excluding tert-OH is 1. The third-order valence-electron chi connectivity index (χ3n) is 19.3. The van der Waals surface area contributed by atoms with E-state index < -0.39 is 97.5 Å². The van der Waals surface area contributed by atoms with Gasteiger partial charge in [0.25, 0.3) is 0 Å². The molecule has 19 heteroatoms. The largest absolute Gasteiger partial charge is 0.472 e. The molecule has 0 saturated carbocycles. The number of esters is 4. The molecule has 0 aromatic carbocycles. The average Bonchev–Trinajstić information content (AvgIpc) is 0.916. The fraction of sp³-hybridized carbons (Fsp3) is 0.952. The first-order chi connectivity index (χ1) is 49.1. The average molecular weight is 1490 g/mol. The Morgan fingerprint density at radius 2 is 0.412 bits per heavy atom. The fourth-order valence-electron chi connectivity index (χ4n) is 12.8. The van der Waals surface area contributed by atoms with Crippen LogP contribution in [0.5, 0.6) is 0 Å². The standard InChI is InChI=1S/C83H162O17P2/c1-73(2)59-51-43-35-27-20-16-12-9-10-14-19-23-32-41-49-57-65-82(87)99-78(69-93-80(85)63-55-47-39-31-22-18-15-11-13-17-21-28-36-44-52-60-74(3)4)71-97-101(89,90)95-67-77(84)68-96-102(91,92)98-72-79(70-94-81(86)64-56-48-40-34-26-30-38-46-54-62-76(7)8)100-83(88)66-58-50-42-33-25-24-29-37-45-53-61-75(5)6/h73-79,84H,9-72H2,1-8H3,(H,89,90)(H,91,92)/t77-,78-,79-/m1/s1. The van der Waals surface area contributed by atoms with Gasteiger partial charge in [-0.2, -0.15) is 0 Å². The van der Waals surface area contributed by atoms with Gasteiger partial charge < -0.3 is 33.8 Å². The first kappa shape index (κ1) is 100. The van der Waals surface area contributed by atoms with Gasteiger partial charge in [0.05, 0.1) is 26.4 Å². The van der Waals surface area contributed by atoms with Crippen LogP contribution in [0.3, 0.4) is 0 Å². The van der Waals surface area contributed by atoms with E-state index in [-0.39, 0.29) is 25.7 Å². The maximum Gasteiger partial charge on any atom is 0.472 e. The Labute approximate surface area is 626 Å². The Hall–Kier alpha value is -1.94. The molecule has 0 fully saturated rings. The van der Waals surface area contributed by atoms with Crippen LogP contribution >= 0.6 is 15.6 Å². The van der Waals surface area contributed by atoms with E-state index in [1.807, 2.05) is 0 Å². The Balaban J connectivity index is 5.25. The summed E-state index contributed by atoms with van der Waals surface area (Å²) in [4.78, 5) is 73.1. The van der Waals surface area contributed by atoms with Gasteiger partial charge in [-0.25, -0.2) is 9.13 Å². The summed E-state index contributed by atoms with van der Waals surface area (Å²) in [6, 6.07) is 0. The predicted octanol–water partition coefficient (Wildman–Crippen LogP) is 24.8. The van der Waals surface area contributed by atoms with Crippen molar-refractivity contribution in [2.45, 2.75) is 446 Å². The van der Waals surface area contributed by atoms with Gasteiger partial charge >= 0.3 is 39.5 Å². The number of ether oxygens (including phenoxy) is 4. The van der Waals surface area contributed by atoms with Gasteiger partial charge in [-0.15, -0.1) is 0 Å². The lowest BCUT2D eigenvalue weighted by Crippen LogP contribution is -2.30. The Morgan fingerprint density at radius 3 is 0.608 bits per heavy atom. The Kier molecular flexibility index (Phi) is 70.6. The number of phosphoric acid groups is 2. The number of carbonyl (C=O) groups is 4. The van der Waals surface area contributed by atoms with Gasteiger partial charge in [-0.1, -0.05) is 376 Å². The van der Waals surface area contributed by atoms with Gasteiger partial charge in [0, 0.05) is 25.7 Å². The van der Waals surface area contributed by atoms with Crippen molar-refractivity contribution in [1.82, 2.24) is 0 Å². The van der Waals surface area contributed by atoms with Crippen molar-refractivity contribution in [1.29, 1.82) is 0 Å². The number of hydrogen-bond donors (Lipinski definition) is 3. The molecule has 0 aliphatic rings. The SMILES string of the molecule is CC(C)CCCCCCCCCCCCCCCCCCC(=O)O[C@H](COC(=O)CCCCCCCCCCCCCCCCCC(C)C)COP(=O)(O)OC[C@@H](O)COP(=O)(O)OC[C@@H](COC(=O)CCCCCCCCCCCC(C)C)OC(=O)CCCCCCCCCCCCC(C)C. The Morgan fingerprint density at radius 1 is 0.245 bits per heavy atom. The highest BCUT2D eigenvalue weighted by molar-refractivity contribution is 7.47. The highest BCUT2D eigenvalue weighted by atomic mass is 31.2. The van der Waals surface area contributed by atoms with Crippen LogP contribution in [-0.4, -0.2) is 96.7 Å². The van der Waals surface area contributed by atoms with Gasteiger partial charge in [0.1, 0.15) is 19.3 Å². The van der Waals surface area contributed by atoms with E-state index in [0.717, 1.165) is 114 Å². The lowest BCUT2D eigenvalue weighted by molar-refractivity contribution is -0.161. The zero-order chi connectivity index (χ0) is 75.3. The molecule has 17 nitrogen and oxygen atoms in total. The molecule has 0 aliphatic carbocycles. The van der Waals surface area contributed by atoms with E-state index in [1.165, 1.54) is 231 Å². The Bertz CT molecular complexity index is 1990. The van der Waals surface area contributed by atoms with Crippen molar-refractivity contribution >= 4 is 39.5 Å².